The molecule has 0 aliphatic heterocycles. The molecule has 134 valence electrons. The van der Waals surface area contributed by atoms with Crippen LogP contribution in [0, 0.1) is 10.1 Å². The molecule has 0 atom stereocenters. The van der Waals surface area contributed by atoms with Gasteiger partial charge in [-0.3, -0.25) is 10.1 Å². The molecule has 0 fully saturated rings. The Balaban J connectivity index is 1.94. The Hall–Kier alpha value is -4.01. The fraction of sp³-hybridized carbons (Fsp3) is 0.0556. The fourth-order valence-electron chi connectivity index (χ4n) is 2.83. The van der Waals surface area contributed by atoms with Crippen LogP contribution >= 0.6 is 0 Å². The second-order valence-electron chi connectivity index (χ2n) is 5.68. The molecule has 0 spiro atoms. The van der Waals surface area contributed by atoms with Crippen molar-refractivity contribution in [3.63, 3.8) is 0 Å². The third kappa shape index (κ3) is 2.80. The van der Waals surface area contributed by atoms with E-state index in [1.54, 1.807) is 36.4 Å². The van der Waals surface area contributed by atoms with E-state index >= 15 is 0 Å². The fourth-order valence-corrected chi connectivity index (χ4v) is 2.83. The molecule has 0 unspecified atom stereocenters. The smallest absolute Gasteiger partial charge is 0.332 e. The van der Waals surface area contributed by atoms with Gasteiger partial charge in [0.15, 0.2) is 11.5 Å². The van der Waals surface area contributed by atoms with Crippen LogP contribution in [0.2, 0.25) is 0 Å². The molecule has 0 bridgehead atoms. The molecule has 9 nitrogen and oxygen atoms in total. The average molecular weight is 363 g/mol. The first-order chi connectivity index (χ1) is 13.1. The molecule has 2 aromatic heterocycles. The predicted octanol–water partition coefficient (Wildman–Crippen LogP) is 2.69. The molecule has 2 heterocycles. The molecule has 0 aliphatic carbocycles. The molecule has 1 N–H and O–H groups in total. The highest BCUT2D eigenvalue weighted by atomic mass is 16.6. The predicted molar refractivity (Wildman–Crippen MR) is 98.1 cm³/mol. The number of methoxy groups -OCH3 is 1. The Kier molecular flexibility index (Phi) is 3.88. The molecule has 0 radical (unpaired) electrons. The van der Waals surface area contributed by atoms with Crippen LogP contribution in [-0.4, -0.2) is 31.6 Å². The molecule has 4 aromatic rings. The molecule has 0 saturated carbocycles. The topological polar surface area (TPSA) is 116 Å². The largest absolute Gasteiger partial charge is 0.495 e. The third-order valence-electron chi connectivity index (χ3n) is 4.07. The van der Waals surface area contributed by atoms with Crippen molar-refractivity contribution in [3.05, 3.63) is 75.3 Å². The van der Waals surface area contributed by atoms with Crippen molar-refractivity contribution in [2.24, 2.45) is 0 Å². The van der Waals surface area contributed by atoms with E-state index in [-0.39, 0.29) is 17.2 Å². The van der Waals surface area contributed by atoms with Crippen LogP contribution < -0.4 is 10.4 Å². The number of imidazole rings is 1. The molecular formula is C18H13N5O4. The number of nitro groups is 1. The Morgan fingerprint density at radius 2 is 2.00 bits per heavy atom. The van der Waals surface area contributed by atoms with E-state index in [1.807, 2.05) is 0 Å². The molecule has 9 heteroatoms. The van der Waals surface area contributed by atoms with Gasteiger partial charge in [0, 0.05) is 17.7 Å². The highest BCUT2D eigenvalue weighted by Gasteiger charge is 2.16. The molecule has 0 saturated heterocycles. The summed E-state index contributed by atoms with van der Waals surface area (Å²) in [6, 6.07) is 13.1. The monoisotopic (exact) mass is 363 g/mol. The number of hydrogen-bond donors (Lipinski definition) is 1. The zero-order chi connectivity index (χ0) is 19.0. The van der Waals surface area contributed by atoms with Crippen molar-refractivity contribution < 1.29 is 9.66 Å². The van der Waals surface area contributed by atoms with Gasteiger partial charge in [-0.25, -0.2) is 19.3 Å². The van der Waals surface area contributed by atoms with Gasteiger partial charge in [0.1, 0.15) is 11.3 Å². The van der Waals surface area contributed by atoms with Gasteiger partial charge >= 0.3 is 5.69 Å². The molecule has 4 rings (SSSR count). The zero-order valence-corrected chi connectivity index (χ0v) is 14.1. The maximum absolute atomic E-state index is 12.5. The van der Waals surface area contributed by atoms with Crippen LogP contribution in [0.3, 0.4) is 0 Å². The van der Waals surface area contributed by atoms with E-state index in [4.69, 9.17) is 4.74 Å². The molecule has 0 aliphatic rings. The Morgan fingerprint density at radius 1 is 1.19 bits per heavy atom. The van der Waals surface area contributed by atoms with Crippen molar-refractivity contribution in [2.45, 2.75) is 0 Å². The average Bonchev–Trinajstić information content (AvgIpc) is 3.02. The van der Waals surface area contributed by atoms with Gasteiger partial charge in [-0.2, -0.15) is 0 Å². The Morgan fingerprint density at radius 3 is 2.78 bits per heavy atom. The lowest BCUT2D eigenvalue weighted by Crippen LogP contribution is -2.15. The van der Waals surface area contributed by atoms with Crippen molar-refractivity contribution in [1.29, 1.82) is 0 Å². The summed E-state index contributed by atoms with van der Waals surface area (Å²) in [6.45, 7) is 0. The van der Waals surface area contributed by atoms with Crippen LogP contribution in [-0.2, 0) is 0 Å². The maximum atomic E-state index is 12.5. The van der Waals surface area contributed by atoms with Gasteiger partial charge in [0.2, 0.25) is 0 Å². The van der Waals surface area contributed by atoms with Crippen LogP contribution in [0.25, 0.3) is 28.2 Å². The van der Waals surface area contributed by atoms with Crippen LogP contribution in [0.5, 0.6) is 5.75 Å². The van der Waals surface area contributed by atoms with E-state index in [0.29, 0.717) is 28.2 Å². The van der Waals surface area contributed by atoms with Crippen LogP contribution in [0.15, 0.2) is 59.5 Å². The summed E-state index contributed by atoms with van der Waals surface area (Å²) >= 11 is 0. The van der Waals surface area contributed by atoms with Crippen molar-refractivity contribution >= 4 is 16.9 Å². The first-order valence-electron chi connectivity index (χ1n) is 7.94. The standard InChI is InChI=1S/C18H13N5O4/c1-27-15-8-3-2-7-14(15)22-17-13(20-18(22)24)10-19-16(21-17)11-5-4-6-12(9-11)23(25)26/h2-10H,1H3,(H,20,24). The van der Waals surface area contributed by atoms with Crippen LogP contribution in [0.4, 0.5) is 5.69 Å². The van der Waals surface area contributed by atoms with Crippen molar-refractivity contribution in [3.8, 4) is 22.8 Å². The zero-order valence-electron chi connectivity index (χ0n) is 14.1. The lowest BCUT2D eigenvalue weighted by atomic mass is 10.2. The number of hydrogen-bond acceptors (Lipinski definition) is 6. The SMILES string of the molecule is COc1ccccc1-n1c(=O)[nH]c2cnc(-c3cccc([N+](=O)[O-])c3)nc21. The molecular weight excluding hydrogens is 350 g/mol. The number of rotatable bonds is 4. The van der Waals surface area contributed by atoms with E-state index in [1.165, 1.54) is 30.0 Å². The van der Waals surface area contributed by atoms with Gasteiger partial charge in [-0.1, -0.05) is 24.3 Å². The number of benzene rings is 2. The van der Waals surface area contributed by atoms with Crippen molar-refractivity contribution in [2.75, 3.05) is 7.11 Å². The minimum atomic E-state index is -0.483. The summed E-state index contributed by atoms with van der Waals surface area (Å²) in [4.78, 5) is 34.4. The van der Waals surface area contributed by atoms with Crippen LogP contribution in [0.1, 0.15) is 0 Å². The van der Waals surface area contributed by atoms with E-state index < -0.39 is 4.92 Å². The normalized spacial score (nSPS) is 10.9. The second kappa shape index (κ2) is 6.37. The second-order valence-corrected chi connectivity index (χ2v) is 5.68. The minimum Gasteiger partial charge on any atom is -0.495 e. The number of nitro benzene ring substituents is 1. The van der Waals surface area contributed by atoms with Gasteiger partial charge in [0.05, 0.1) is 23.9 Å². The summed E-state index contributed by atoms with van der Waals surface area (Å²) in [7, 11) is 1.52. The number of fused-ring (bicyclic) bond motifs is 1. The van der Waals surface area contributed by atoms with Gasteiger partial charge < -0.3 is 9.72 Å². The number of aromatic nitrogens is 4. The number of nitrogens with zero attached hydrogens (tertiary/aromatic N) is 4. The van der Waals surface area contributed by atoms with Gasteiger partial charge in [-0.15, -0.1) is 0 Å². The molecule has 27 heavy (non-hydrogen) atoms. The minimum absolute atomic E-state index is 0.0626. The summed E-state index contributed by atoms with van der Waals surface area (Å²) in [5, 5.41) is 11.0. The molecule has 2 aromatic carbocycles. The van der Waals surface area contributed by atoms with E-state index in [0.717, 1.165) is 0 Å². The number of non-ortho nitro benzene ring substituents is 1. The number of para-hydroxylation sites is 2. The number of ether oxygens (including phenoxy) is 1. The van der Waals surface area contributed by atoms with Crippen molar-refractivity contribution in [1.82, 2.24) is 19.5 Å². The lowest BCUT2D eigenvalue weighted by Gasteiger charge is -2.09. The summed E-state index contributed by atoms with van der Waals surface area (Å²) in [5.74, 6) is 0.782. The first kappa shape index (κ1) is 16.5. The lowest BCUT2D eigenvalue weighted by molar-refractivity contribution is -0.384. The quantitative estimate of drug-likeness (QED) is 0.440. The number of aromatic amines is 1. The number of nitrogens with one attached hydrogen (secondary N) is 1. The molecule has 0 amide bonds. The third-order valence-corrected chi connectivity index (χ3v) is 4.07. The Bertz CT molecular complexity index is 1230. The van der Waals surface area contributed by atoms with Gasteiger partial charge in [0.25, 0.3) is 5.69 Å². The van der Waals surface area contributed by atoms with E-state index in [9.17, 15) is 14.9 Å². The first-order valence-corrected chi connectivity index (χ1v) is 7.94. The summed E-state index contributed by atoms with van der Waals surface area (Å²) < 4.78 is 6.72. The number of H-pyrrole nitrogens is 1. The van der Waals surface area contributed by atoms with E-state index in [2.05, 4.69) is 15.0 Å². The Labute approximate surface area is 152 Å². The summed E-state index contributed by atoms with van der Waals surface area (Å²) in [5.41, 5.74) is 1.35. The maximum Gasteiger partial charge on any atom is 0.332 e. The summed E-state index contributed by atoms with van der Waals surface area (Å²) in [6.07, 6.45) is 1.48. The van der Waals surface area contributed by atoms with Gasteiger partial charge in [-0.05, 0) is 12.1 Å². The highest BCUT2D eigenvalue weighted by molar-refractivity contribution is 5.75. The highest BCUT2D eigenvalue weighted by Crippen LogP contribution is 2.25.